The van der Waals surface area contributed by atoms with E-state index < -0.39 is 6.10 Å². The second kappa shape index (κ2) is 8.97. The SMILES string of the molecule is CCOC(=O)CCCOCC(O)CC. The molecule has 0 aliphatic heterocycles. The first-order valence-electron chi connectivity index (χ1n) is 5.12. The number of ether oxygens (including phenoxy) is 2. The number of hydrogen-bond acceptors (Lipinski definition) is 4. The Bertz CT molecular complexity index is 147. The third kappa shape index (κ3) is 8.01. The number of hydrogen-bond donors (Lipinski definition) is 1. The summed E-state index contributed by atoms with van der Waals surface area (Å²) in [6, 6.07) is 0. The van der Waals surface area contributed by atoms with Crippen molar-refractivity contribution in [2.45, 2.75) is 39.2 Å². The molecule has 14 heavy (non-hydrogen) atoms. The molecule has 0 fully saturated rings. The van der Waals surface area contributed by atoms with Crippen LogP contribution in [0.15, 0.2) is 0 Å². The molecule has 1 unspecified atom stereocenters. The maximum absolute atomic E-state index is 10.9. The van der Waals surface area contributed by atoms with Crippen molar-refractivity contribution in [1.29, 1.82) is 0 Å². The molecule has 0 aromatic rings. The molecule has 4 heteroatoms. The van der Waals surface area contributed by atoms with E-state index in [9.17, 15) is 4.79 Å². The molecule has 4 nitrogen and oxygen atoms in total. The molecule has 0 aromatic heterocycles. The molecule has 0 heterocycles. The zero-order valence-corrected chi connectivity index (χ0v) is 8.99. The minimum absolute atomic E-state index is 0.188. The molecule has 0 radical (unpaired) electrons. The molecule has 0 saturated heterocycles. The average Bonchev–Trinajstić information content (AvgIpc) is 2.17. The number of esters is 1. The van der Waals surface area contributed by atoms with Crippen molar-refractivity contribution in [3.05, 3.63) is 0 Å². The predicted octanol–water partition coefficient (Wildman–Crippen LogP) is 1.12. The van der Waals surface area contributed by atoms with E-state index in [1.165, 1.54) is 0 Å². The van der Waals surface area contributed by atoms with E-state index in [-0.39, 0.29) is 5.97 Å². The topological polar surface area (TPSA) is 55.8 Å². The summed E-state index contributed by atoms with van der Waals surface area (Å²) in [5.74, 6) is -0.188. The summed E-state index contributed by atoms with van der Waals surface area (Å²) < 4.78 is 9.90. The highest BCUT2D eigenvalue weighted by atomic mass is 16.5. The molecule has 0 amide bonds. The third-order valence-electron chi connectivity index (χ3n) is 1.76. The van der Waals surface area contributed by atoms with Gasteiger partial charge < -0.3 is 14.6 Å². The number of aliphatic hydroxyl groups excluding tert-OH is 1. The summed E-state index contributed by atoms with van der Waals surface area (Å²) in [6.07, 6.45) is 1.33. The van der Waals surface area contributed by atoms with Crippen molar-refractivity contribution in [3.8, 4) is 0 Å². The standard InChI is InChI=1S/C10H20O4/c1-3-9(11)8-13-7-5-6-10(12)14-4-2/h9,11H,3-8H2,1-2H3. The van der Waals surface area contributed by atoms with Gasteiger partial charge in [0.15, 0.2) is 0 Å². The van der Waals surface area contributed by atoms with Crippen molar-refractivity contribution in [1.82, 2.24) is 0 Å². The lowest BCUT2D eigenvalue weighted by Crippen LogP contribution is -2.14. The second-order valence-corrected chi connectivity index (χ2v) is 3.05. The van der Waals surface area contributed by atoms with Gasteiger partial charge in [-0.3, -0.25) is 4.79 Å². The van der Waals surface area contributed by atoms with E-state index in [1.807, 2.05) is 6.92 Å². The fourth-order valence-electron chi connectivity index (χ4n) is 0.889. The lowest BCUT2D eigenvalue weighted by molar-refractivity contribution is -0.143. The first-order chi connectivity index (χ1) is 6.70. The van der Waals surface area contributed by atoms with Crippen LogP contribution in [-0.2, 0) is 14.3 Å². The summed E-state index contributed by atoms with van der Waals surface area (Å²) in [4.78, 5) is 10.9. The Labute approximate surface area is 85.2 Å². The van der Waals surface area contributed by atoms with Crippen LogP contribution in [0.25, 0.3) is 0 Å². The number of carbonyl (C=O) groups is 1. The van der Waals surface area contributed by atoms with Gasteiger partial charge >= 0.3 is 5.97 Å². The summed E-state index contributed by atoms with van der Waals surface area (Å²) in [5.41, 5.74) is 0. The predicted molar refractivity (Wildman–Crippen MR) is 53.0 cm³/mol. The maximum atomic E-state index is 10.9. The van der Waals surface area contributed by atoms with Gasteiger partial charge in [-0.25, -0.2) is 0 Å². The molecular formula is C10H20O4. The molecule has 0 rings (SSSR count). The molecule has 0 bridgehead atoms. The largest absolute Gasteiger partial charge is 0.466 e. The quantitative estimate of drug-likeness (QED) is 0.475. The van der Waals surface area contributed by atoms with Crippen molar-refractivity contribution in [2.75, 3.05) is 19.8 Å². The molecule has 1 N–H and O–H groups in total. The second-order valence-electron chi connectivity index (χ2n) is 3.05. The molecule has 0 aliphatic rings. The Morgan fingerprint density at radius 3 is 2.71 bits per heavy atom. The Kier molecular flexibility index (Phi) is 8.57. The Balaban J connectivity index is 3.17. The smallest absolute Gasteiger partial charge is 0.305 e. The molecule has 0 saturated carbocycles. The summed E-state index contributed by atoms with van der Waals surface area (Å²) in [5, 5.41) is 9.13. The molecule has 84 valence electrons. The van der Waals surface area contributed by atoms with Crippen LogP contribution >= 0.6 is 0 Å². The zero-order valence-electron chi connectivity index (χ0n) is 8.99. The van der Waals surface area contributed by atoms with Crippen LogP contribution in [0.5, 0.6) is 0 Å². The van der Waals surface area contributed by atoms with Gasteiger partial charge in [0.25, 0.3) is 0 Å². The first kappa shape index (κ1) is 13.4. The fourth-order valence-corrected chi connectivity index (χ4v) is 0.889. The van der Waals surface area contributed by atoms with Crippen molar-refractivity contribution >= 4 is 5.97 Å². The van der Waals surface area contributed by atoms with Crippen molar-refractivity contribution in [2.24, 2.45) is 0 Å². The Morgan fingerprint density at radius 2 is 2.14 bits per heavy atom. The van der Waals surface area contributed by atoms with E-state index in [2.05, 4.69) is 0 Å². The molecule has 0 spiro atoms. The molecule has 1 atom stereocenters. The highest BCUT2D eigenvalue weighted by molar-refractivity contribution is 5.69. The average molecular weight is 204 g/mol. The van der Waals surface area contributed by atoms with E-state index in [0.29, 0.717) is 39.1 Å². The van der Waals surface area contributed by atoms with Gasteiger partial charge in [0, 0.05) is 13.0 Å². The van der Waals surface area contributed by atoms with Crippen LogP contribution in [0, 0.1) is 0 Å². The van der Waals surface area contributed by atoms with Gasteiger partial charge in [-0.05, 0) is 19.8 Å². The normalized spacial score (nSPS) is 12.5. The Morgan fingerprint density at radius 1 is 1.43 bits per heavy atom. The Hall–Kier alpha value is -0.610. The zero-order chi connectivity index (χ0) is 10.8. The summed E-state index contributed by atoms with van der Waals surface area (Å²) >= 11 is 0. The van der Waals surface area contributed by atoms with Gasteiger partial charge in [0.2, 0.25) is 0 Å². The van der Waals surface area contributed by atoms with E-state index in [4.69, 9.17) is 14.6 Å². The van der Waals surface area contributed by atoms with Crippen LogP contribution < -0.4 is 0 Å². The minimum atomic E-state index is -0.391. The van der Waals surface area contributed by atoms with Crippen molar-refractivity contribution in [3.63, 3.8) is 0 Å². The van der Waals surface area contributed by atoms with Crippen LogP contribution in [0.4, 0.5) is 0 Å². The highest BCUT2D eigenvalue weighted by Crippen LogP contribution is 1.96. The first-order valence-corrected chi connectivity index (χ1v) is 5.12. The van der Waals surface area contributed by atoms with Gasteiger partial charge in [-0.2, -0.15) is 0 Å². The monoisotopic (exact) mass is 204 g/mol. The van der Waals surface area contributed by atoms with E-state index in [1.54, 1.807) is 6.92 Å². The third-order valence-corrected chi connectivity index (χ3v) is 1.76. The van der Waals surface area contributed by atoms with Crippen LogP contribution in [0.1, 0.15) is 33.1 Å². The van der Waals surface area contributed by atoms with Crippen LogP contribution in [0.2, 0.25) is 0 Å². The van der Waals surface area contributed by atoms with Crippen LogP contribution in [-0.4, -0.2) is 37.0 Å². The van der Waals surface area contributed by atoms with Crippen LogP contribution in [0.3, 0.4) is 0 Å². The number of rotatable bonds is 8. The molecular weight excluding hydrogens is 184 g/mol. The summed E-state index contributed by atoms with van der Waals surface area (Å²) in [6.45, 7) is 4.95. The number of aliphatic hydroxyl groups is 1. The summed E-state index contributed by atoms with van der Waals surface area (Å²) in [7, 11) is 0. The minimum Gasteiger partial charge on any atom is -0.466 e. The lowest BCUT2D eigenvalue weighted by Gasteiger charge is -2.08. The van der Waals surface area contributed by atoms with Gasteiger partial charge in [-0.15, -0.1) is 0 Å². The van der Waals surface area contributed by atoms with Crippen molar-refractivity contribution < 1.29 is 19.4 Å². The number of carbonyl (C=O) groups excluding carboxylic acids is 1. The molecule has 0 aliphatic carbocycles. The maximum Gasteiger partial charge on any atom is 0.305 e. The lowest BCUT2D eigenvalue weighted by atomic mass is 10.3. The van der Waals surface area contributed by atoms with Gasteiger partial charge in [-0.1, -0.05) is 6.92 Å². The van der Waals surface area contributed by atoms with E-state index in [0.717, 1.165) is 0 Å². The molecule has 0 aromatic carbocycles. The fraction of sp³-hybridized carbons (Fsp3) is 0.900. The van der Waals surface area contributed by atoms with Gasteiger partial charge in [0.05, 0.1) is 19.3 Å². The van der Waals surface area contributed by atoms with Gasteiger partial charge in [0.1, 0.15) is 0 Å². The highest BCUT2D eigenvalue weighted by Gasteiger charge is 2.02. The van der Waals surface area contributed by atoms with E-state index >= 15 is 0 Å².